The first-order chi connectivity index (χ1) is 6.70. The predicted octanol–water partition coefficient (Wildman–Crippen LogP) is 0.307. The van der Waals surface area contributed by atoms with Gasteiger partial charge < -0.3 is 10.6 Å². The highest BCUT2D eigenvalue weighted by Gasteiger charge is 2.12. The minimum absolute atomic E-state index is 0.297. The number of ketones is 1. The van der Waals surface area contributed by atoms with Crippen LogP contribution < -0.4 is 5.73 Å². The average molecular weight is 198 g/mol. The van der Waals surface area contributed by atoms with E-state index in [2.05, 4.69) is 4.90 Å². The fraction of sp³-hybridized carbons (Fsp3) is 0.800. The van der Waals surface area contributed by atoms with Crippen LogP contribution in [0.25, 0.3) is 0 Å². The zero-order valence-electron chi connectivity index (χ0n) is 8.50. The Morgan fingerprint density at radius 3 is 2.36 bits per heavy atom. The maximum absolute atomic E-state index is 10.9. The monoisotopic (exact) mass is 198 g/mol. The molecule has 1 saturated heterocycles. The molecule has 1 aliphatic heterocycles. The van der Waals surface area contributed by atoms with Gasteiger partial charge in [0.15, 0.2) is 0 Å². The van der Waals surface area contributed by atoms with Gasteiger partial charge in [-0.05, 0) is 38.9 Å². The second-order valence-corrected chi connectivity index (χ2v) is 3.79. The van der Waals surface area contributed by atoms with Gasteiger partial charge >= 0.3 is 0 Å². The Balaban J connectivity index is 2.08. The highest BCUT2D eigenvalue weighted by molar-refractivity contribution is 6.35. The van der Waals surface area contributed by atoms with Gasteiger partial charge in [0.25, 0.3) is 5.91 Å². The summed E-state index contributed by atoms with van der Waals surface area (Å²) in [6.45, 7) is 3.18. The molecule has 0 atom stereocenters. The second-order valence-electron chi connectivity index (χ2n) is 3.79. The first-order valence-corrected chi connectivity index (χ1v) is 5.25. The lowest BCUT2D eigenvalue weighted by molar-refractivity contribution is -0.136. The second kappa shape index (κ2) is 5.75. The van der Waals surface area contributed by atoms with Gasteiger partial charge in [-0.25, -0.2) is 0 Å². The molecule has 1 aliphatic rings. The summed E-state index contributed by atoms with van der Waals surface area (Å²) in [5, 5.41) is 0. The van der Waals surface area contributed by atoms with Crippen LogP contribution in [0.2, 0.25) is 0 Å². The summed E-state index contributed by atoms with van der Waals surface area (Å²) in [6, 6.07) is 0. The average Bonchev–Trinajstić information content (AvgIpc) is 2.19. The molecule has 0 unspecified atom stereocenters. The van der Waals surface area contributed by atoms with E-state index in [1.54, 1.807) is 0 Å². The fourth-order valence-electron chi connectivity index (χ4n) is 1.77. The molecule has 0 bridgehead atoms. The highest BCUT2D eigenvalue weighted by atomic mass is 16.2. The molecule has 1 rings (SSSR count). The molecule has 1 fully saturated rings. The number of hydrogen-bond donors (Lipinski definition) is 1. The first kappa shape index (κ1) is 11.2. The molecule has 0 aromatic rings. The van der Waals surface area contributed by atoms with Gasteiger partial charge in [0, 0.05) is 6.42 Å². The standard InChI is InChI=1S/C10H18N2O2/c11-10(14)9(13)5-4-8-12-6-2-1-3-7-12/h1-8H2,(H2,11,14). The van der Waals surface area contributed by atoms with Crippen LogP contribution in [0.1, 0.15) is 32.1 Å². The van der Waals surface area contributed by atoms with Crippen molar-refractivity contribution in [1.29, 1.82) is 0 Å². The Kier molecular flexibility index (Phi) is 4.59. The summed E-state index contributed by atoms with van der Waals surface area (Å²) in [7, 11) is 0. The summed E-state index contributed by atoms with van der Waals surface area (Å²) in [5.41, 5.74) is 4.85. The Bertz CT molecular complexity index is 210. The van der Waals surface area contributed by atoms with E-state index in [0.29, 0.717) is 6.42 Å². The molecular formula is C10H18N2O2. The molecule has 4 nitrogen and oxygen atoms in total. The van der Waals surface area contributed by atoms with Crippen molar-refractivity contribution in [3.63, 3.8) is 0 Å². The number of likely N-dealkylation sites (tertiary alicyclic amines) is 1. The van der Waals surface area contributed by atoms with E-state index in [0.717, 1.165) is 26.1 Å². The van der Waals surface area contributed by atoms with Crippen LogP contribution in [-0.4, -0.2) is 36.2 Å². The molecule has 4 heteroatoms. The van der Waals surface area contributed by atoms with E-state index in [4.69, 9.17) is 5.73 Å². The first-order valence-electron chi connectivity index (χ1n) is 5.25. The molecule has 14 heavy (non-hydrogen) atoms. The Hall–Kier alpha value is -0.900. The van der Waals surface area contributed by atoms with E-state index < -0.39 is 11.7 Å². The zero-order chi connectivity index (χ0) is 10.4. The van der Waals surface area contributed by atoms with Crippen molar-refractivity contribution in [3.8, 4) is 0 Å². The van der Waals surface area contributed by atoms with Crippen LogP contribution in [0.3, 0.4) is 0 Å². The Labute approximate surface area is 84.4 Å². The number of hydrogen-bond acceptors (Lipinski definition) is 3. The van der Waals surface area contributed by atoms with Gasteiger partial charge in [-0.15, -0.1) is 0 Å². The van der Waals surface area contributed by atoms with Crippen molar-refractivity contribution < 1.29 is 9.59 Å². The van der Waals surface area contributed by atoms with Crippen LogP contribution in [0.15, 0.2) is 0 Å². The number of rotatable bonds is 5. The number of primary amides is 1. The van der Waals surface area contributed by atoms with Gasteiger partial charge in [-0.3, -0.25) is 9.59 Å². The van der Waals surface area contributed by atoms with E-state index in [9.17, 15) is 9.59 Å². The van der Waals surface area contributed by atoms with E-state index in [1.807, 2.05) is 0 Å². The lowest BCUT2D eigenvalue weighted by Gasteiger charge is -2.25. The molecule has 0 aromatic heterocycles. The number of carbonyl (C=O) groups is 2. The van der Waals surface area contributed by atoms with Crippen molar-refractivity contribution in [2.45, 2.75) is 32.1 Å². The lowest BCUT2D eigenvalue weighted by atomic mass is 10.1. The lowest BCUT2D eigenvalue weighted by Crippen LogP contribution is -2.31. The summed E-state index contributed by atoms with van der Waals surface area (Å²) < 4.78 is 0. The normalized spacial score (nSPS) is 18.0. The number of nitrogens with zero attached hydrogens (tertiary/aromatic N) is 1. The zero-order valence-corrected chi connectivity index (χ0v) is 8.50. The maximum Gasteiger partial charge on any atom is 0.284 e. The molecule has 1 amide bonds. The molecule has 0 radical (unpaired) electrons. The van der Waals surface area contributed by atoms with Crippen molar-refractivity contribution in [2.24, 2.45) is 5.73 Å². The Morgan fingerprint density at radius 2 is 1.79 bits per heavy atom. The summed E-state index contributed by atoms with van der Waals surface area (Å²) in [5.74, 6) is -1.24. The number of Topliss-reactive ketones (excluding diaryl/α,β-unsaturated/α-hetero) is 1. The van der Waals surface area contributed by atoms with E-state index >= 15 is 0 Å². The maximum atomic E-state index is 10.9. The minimum Gasteiger partial charge on any atom is -0.363 e. The van der Waals surface area contributed by atoms with Crippen molar-refractivity contribution >= 4 is 11.7 Å². The number of nitrogens with two attached hydrogens (primary N) is 1. The van der Waals surface area contributed by atoms with Crippen LogP contribution >= 0.6 is 0 Å². The number of piperidine rings is 1. The van der Waals surface area contributed by atoms with Crippen LogP contribution in [0.5, 0.6) is 0 Å². The summed E-state index contributed by atoms with van der Waals surface area (Å²) in [4.78, 5) is 23.7. The Morgan fingerprint density at radius 1 is 1.14 bits per heavy atom. The molecule has 80 valence electrons. The van der Waals surface area contributed by atoms with E-state index in [1.165, 1.54) is 19.3 Å². The highest BCUT2D eigenvalue weighted by Crippen LogP contribution is 2.09. The quantitative estimate of drug-likeness (QED) is 0.646. The third-order valence-electron chi connectivity index (χ3n) is 2.60. The van der Waals surface area contributed by atoms with Gasteiger partial charge in [0.2, 0.25) is 5.78 Å². The fourth-order valence-corrected chi connectivity index (χ4v) is 1.77. The van der Waals surface area contributed by atoms with Crippen LogP contribution in [0, 0.1) is 0 Å². The van der Waals surface area contributed by atoms with E-state index in [-0.39, 0.29) is 0 Å². The third kappa shape index (κ3) is 3.87. The molecule has 0 saturated carbocycles. The summed E-state index contributed by atoms with van der Waals surface area (Å²) in [6.07, 6.45) is 4.87. The van der Waals surface area contributed by atoms with Gasteiger partial charge in [0.05, 0.1) is 0 Å². The minimum atomic E-state index is -0.802. The topological polar surface area (TPSA) is 63.4 Å². The van der Waals surface area contributed by atoms with Gasteiger partial charge in [-0.2, -0.15) is 0 Å². The molecule has 0 aromatic carbocycles. The van der Waals surface area contributed by atoms with Crippen LogP contribution in [0.4, 0.5) is 0 Å². The van der Waals surface area contributed by atoms with Gasteiger partial charge in [0.1, 0.15) is 0 Å². The number of carbonyl (C=O) groups excluding carboxylic acids is 2. The molecule has 0 aliphatic carbocycles. The SMILES string of the molecule is NC(=O)C(=O)CCCN1CCCCC1. The van der Waals surface area contributed by atoms with Gasteiger partial charge in [-0.1, -0.05) is 6.42 Å². The smallest absolute Gasteiger partial charge is 0.284 e. The van der Waals surface area contributed by atoms with Crippen molar-refractivity contribution in [3.05, 3.63) is 0 Å². The van der Waals surface area contributed by atoms with Crippen LogP contribution in [-0.2, 0) is 9.59 Å². The number of amides is 1. The predicted molar refractivity (Wildman–Crippen MR) is 53.7 cm³/mol. The molecular weight excluding hydrogens is 180 g/mol. The molecule has 2 N–H and O–H groups in total. The molecule has 0 spiro atoms. The largest absolute Gasteiger partial charge is 0.363 e. The summed E-state index contributed by atoms with van der Waals surface area (Å²) >= 11 is 0. The van der Waals surface area contributed by atoms with Crippen molar-refractivity contribution in [2.75, 3.05) is 19.6 Å². The molecule has 1 heterocycles. The third-order valence-corrected chi connectivity index (χ3v) is 2.60. The van der Waals surface area contributed by atoms with Crippen molar-refractivity contribution in [1.82, 2.24) is 4.90 Å².